The Hall–Kier alpha value is -1.61. The highest BCUT2D eigenvalue weighted by Crippen LogP contribution is 2.29. The molecule has 9 heteroatoms. The van der Waals surface area contributed by atoms with Crippen LogP contribution in [-0.2, 0) is 15.8 Å². The van der Waals surface area contributed by atoms with Gasteiger partial charge < -0.3 is 14.0 Å². The SMILES string of the molecule is COC(=O)c1ccc(OC(F)(F)F)c(S(=O)[O-])c1. The van der Waals surface area contributed by atoms with E-state index in [1.54, 1.807) is 0 Å². The van der Waals surface area contributed by atoms with E-state index < -0.39 is 34.1 Å². The van der Waals surface area contributed by atoms with Crippen molar-refractivity contribution in [2.24, 2.45) is 0 Å². The summed E-state index contributed by atoms with van der Waals surface area (Å²) >= 11 is -2.99. The summed E-state index contributed by atoms with van der Waals surface area (Å²) in [5.41, 5.74) is -0.203. The van der Waals surface area contributed by atoms with E-state index in [9.17, 15) is 26.7 Å². The number of carbonyl (C=O) groups excluding carboxylic acids is 1. The van der Waals surface area contributed by atoms with Gasteiger partial charge in [-0.05, 0) is 29.3 Å². The van der Waals surface area contributed by atoms with Crippen molar-refractivity contribution in [3.63, 3.8) is 0 Å². The van der Waals surface area contributed by atoms with Crippen LogP contribution < -0.4 is 4.74 Å². The molecule has 0 heterocycles. The van der Waals surface area contributed by atoms with E-state index in [-0.39, 0.29) is 5.56 Å². The molecule has 5 nitrogen and oxygen atoms in total. The van der Waals surface area contributed by atoms with Gasteiger partial charge in [-0.1, -0.05) is 0 Å². The van der Waals surface area contributed by atoms with Gasteiger partial charge in [0.05, 0.1) is 17.6 Å². The Morgan fingerprint density at radius 1 is 1.39 bits per heavy atom. The van der Waals surface area contributed by atoms with Crippen LogP contribution in [0.4, 0.5) is 13.2 Å². The summed E-state index contributed by atoms with van der Waals surface area (Å²) < 4.78 is 65.4. The van der Waals surface area contributed by atoms with Gasteiger partial charge in [0.2, 0.25) is 0 Å². The van der Waals surface area contributed by atoms with Crippen molar-refractivity contribution in [2.75, 3.05) is 7.11 Å². The number of hydrogen-bond acceptors (Lipinski definition) is 5. The fraction of sp³-hybridized carbons (Fsp3) is 0.222. The third-order valence-corrected chi connectivity index (χ3v) is 2.45. The predicted octanol–water partition coefficient (Wildman–Crippen LogP) is 1.61. The van der Waals surface area contributed by atoms with Gasteiger partial charge in [-0.15, -0.1) is 13.2 Å². The van der Waals surface area contributed by atoms with E-state index in [0.717, 1.165) is 25.3 Å². The molecule has 1 rings (SSSR count). The zero-order valence-corrected chi connectivity index (χ0v) is 9.63. The molecule has 0 aromatic heterocycles. The third-order valence-electron chi connectivity index (χ3n) is 1.77. The first-order valence-corrected chi connectivity index (χ1v) is 5.39. The molecule has 18 heavy (non-hydrogen) atoms. The summed E-state index contributed by atoms with van der Waals surface area (Å²) in [5, 5.41) is 0. The van der Waals surface area contributed by atoms with Gasteiger partial charge in [0.25, 0.3) is 0 Å². The van der Waals surface area contributed by atoms with Gasteiger partial charge in [0.15, 0.2) is 0 Å². The van der Waals surface area contributed by atoms with Crippen LogP contribution >= 0.6 is 0 Å². The van der Waals surface area contributed by atoms with Crippen LogP contribution in [0, 0.1) is 0 Å². The lowest BCUT2D eigenvalue weighted by Crippen LogP contribution is -2.18. The predicted molar refractivity (Wildman–Crippen MR) is 51.7 cm³/mol. The zero-order chi connectivity index (χ0) is 13.9. The molecule has 0 aliphatic heterocycles. The summed E-state index contributed by atoms with van der Waals surface area (Å²) in [5.74, 6) is -1.79. The number of hydrogen-bond donors (Lipinski definition) is 0. The van der Waals surface area contributed by atoms with Gasteiger partial charge in [0, 0.05) is 0 Å². The van der Waals surface area contributed by atoms with Gasteiger partial charge in [-0.3, -0.25) is 4.21 Å². The molecule has 1 aromatic carbocycles. The third kappa shape index (κ3) is 3.70. The van der Waals surface area contributed by atoms with E-state index in [4.69, 9.17) is 0 Å². The van der Waals surface area contributed by atoms with Crippen molar-refractivity contribution < 1.29 is 36.2 Å². The highest BCUT2D eigenvalue weighted by Gasteiger charge is 2.32. The molecule has 100 valence electrons. The number of halogens is 3. The number of rotatable bonds is 3. The Balaban J connectivity index is 3.21. The lowest BCUT2D eigenvalue weighted by molar-refractivity contribution is -0.275. The van der Waals surface area contributed by atoms with Crippen molar-refractivity contribution in [3.8, 4) is 5.75 Å². The molecule has 0 aliphatic rings. The number of methoxy groups -OCH3 is 1. The van der Waals surface area contributed by atoms with Crippen LogP contribution in [0.15, 0.2) is 23.1 Å². The lowest BCUT2D eigenvalue weighted by Gasteiger charge is -2.15. The molecule has 0 amide bonds. The van der Waals surface area contributed by atoms with Crippen LogP contribution in [0.5, 0.6) is 5.75 Å². The largest absolute Gasteiger partial charge is 0.768 e. The molecule has 0 aliphatic carbocycles. The fourth-order valence-electron chi connectivity index (χ4n) is 1.09. The number of benzene rings is 1. The van der Waals surface area contributed by atoms with E-state index in [1.165, 1.54) is 0 Å². The molecule has 1 unspecified atom stereocenters. The van der Waals surface area contributed by atoms with E-state index in [2.05, 4.69) is 9.47 Å². The maximum absolute atomic E-state index is 12.0. The first kappa shape index (κ1) is 14.5. The Kier molecular flexibility index (Phi) is 4.30. The topological polar surface area (TPSA) is 75.7 Å². The van der Waals surface area contributed by atoms with Crippen molar-refractivity contribution in [1.82, 2.24) is 0 Å². The second kappa shape index (κ2) is 5.36. The number of carbonyl (C=O) groups is 1. The smallest absolute Gasteiger partial charge is 0.573 e. The first-order valence-electron chi connectivity index (χ1n) is 4.32. The molecular weight excluding hydrogens is 277 g/mol. The Morgan fingerprint density at radius 3 is 2.44 bits per heavy atom. The van der Waals surface area contributed by atoms with Gasteiger partial charge in [0.1, 0.15) is 5.75 Å². The van der Waals surface area contributed by atoms with Crippen LogP contribution in [0.3, 0.4) is 0 Å². The van der Waals surface area contributed by atoms with Crippen molar-refractivity contribution in [1.29, 1.82) is 0 Å². The molecule has 0 saturated carbocycles. The minimum Gasteiger partial charge on any atom is -0.768 e. The molecule has 0 radical (unpaired) electrons. The lowest BCUT2D eigenvalue weighted by atomic mass is 10.2. The van der Waals surface area contributed by atoms with Crippen molar-refractivity contribution in [3.05, 3.63) is 23.8 Å². The van der Waals surface area contributed by atoms with Crippen molar-refractivity contribution >= 4 is 17.0 Å². The standard InChI is InChI=1S/C9H7F3O5S/c1-16-8(13)5-2-3-6(17-9(10,11)12)7(4-5)18(14)15/h2-4H,1H3,(H,14,15)/p-1. The fourth-order valence-corrected chi connectivity index (χ4v) is 1.59. The molecular formula is C9H6F3O5S-. The molecule has 0 spiro atoms. The summed E-state index contributed by atoms with van der Waals surface area (Å²) in [7, 11) is 1.05. The summed E-state index contributed by atoms with van der Waals surface area (Å²) in [4.78, 5) is 10.3. The second-order valence-electron chi connectivity index (χ2n) is 2.94. The summed E-state index contributed by atoms with van der Waals surface area (Å²) in [6.45, 7) is 0. The van der Waals surface area contributed by atoms with E-state index >= 15 is 0 Å². The Labute approximate surface area is 102 Å². The molecule has 0 saturated heterocycles. The quantitative estimate of drug-likeness (QED) is 0.622. The molecule has 0 N–H and O–H groups in total. The van der Waals surface area contributed by atoms with Crippen LogP contribution in [0.2, 0.25) is 0 Å². The normalized spacial score (nSPS) is 12.9. The van der Waals surface area contributed by atoms with Crippen molar-refractivity contribution in [2.45, 2.75) is 11.3 Å². The Bertz CT molecular complexity index is 486. The van der Waals surface area contributed by atoms with E-state index in [1.807, 2.05) is 0 Å². The highest BCUT2D eigenvalue weighted by molar-refractivity contribution is 7.79. The highest BCUT2D eigenvalue weighted by atomic mass is 32.2. The molecule has 0 bridgehead atoms. The second-order valence-corrected chi connectivity index (χ2v) is 3.84. The summed E-state index contributed by atoms with van der Waals surface area (Å²) in [6.07, 6.45) is -5.03. The molecule has 1 aromatic rings. The van der Waals surface area contributed by atoms with Gasteiger partial charge in [-0.25, -0.2) is 4.79 Å². The maximum atomic E-state index is 12.0. The van der Waals surface area contributed by atoms with Crippen LogP contribution in [0.1, 0.15) is 10.4 Å². The number of ether oxygens (including phenoxy) is 2. The molecule has 0 fully saturated rings. The maximum Gasteiger partial charge on any atom is 0.573 e. The monoisotopic (exact) mass is 283 g/mol. The number of esters is 1. The first-order chi connectivity index (χ1) is 8.24. The Morgan fingerprint density at radius 2 is 2.00 bits per heavy atom. The minimum atomic E-state index is -5.03. The number of alkyl halides is 3. The van der Waals surface area contributed by atoms with Gasteiger partial charge in [-0.2, -0.15) is 0 Å². The zero-order valence-electron chi connectivity index (χ0n) is 8.82. The van der Waals surface area contributed by atoms with E-state index in [0.29, 0.717) is 0 Å². The van der Waals surface area contributed by atoms with Crippen LogP contribution in [0.25, 0.3) is 0 Å². The average molecular weight is 283 g/mol. The average Bonchev–Trinajstić information content (AvgIpc) is 2.26. The molecule has 1 atom stereocenters. The summed E-state index contributed by atoms with van der Waals surface area (Å²) in [6, 6.07) is 2.42. The van der Waals surface area contributed by atoms with Crippen LogP contribution in [-0.4, -0.2) is 28.2 Å². The minimum absolute atomic E-state index is 0.203. The van der Waals surface area contributed by atoms with Gasteiger partial charge >= 0.3 is 12.3 Å².